The quantitative estimate of drug-likeness (QED) is 0.294. The summed E-state index contributed by atoms with van der Waals surface area (Å²) in [5, 5.41) is 6.72. The number of hydrogen-bond acceptors (Lipinski definition) is 4. The molecular weight excluding hydrogens is 523 g/mol. The molecule has 6 nitrogen and oxygen atoms in total. The van der Waals surface area contributed by atoms with Crippen LogP contribution in [0.25, 0.3) is 0 Å². The molecule has 0 aliphatic rings. The molecule has 2 N–H and O–H groups in total. The lowest BCUT2D eigenvalue weighted by atomic mass is 10.0. The number of benzene rings is 2. The zero-order valence-electron chi connectivity index (χ0n) is 19.3. The number of aliphatic imine (C=N–C) groups is 1. The fourth-order valence-corrected chi connectivity index (χ4v) is 4.28. The van der Waals surface area contributed by atoms with Crippen LogP contribution in [0, 0.1) is 13.8 Å². The summed E-state index contributed by atoms with van der Waals surface area (Å²) in [4.78, 5) is 7.24. The molecule has 0 radical (unpaired) electrons. The van der Waals surface area contributed by atoms with Crippen molar-refractivity contribution in [3.8, 4) is 0 Å². The Morgan fingerprint density at radius 1 is 1.06 bits per heavy atom. The summed E-state index contributed by atoms with van der Waals surface area (Å²) in [7, 11) is 0.933. The topological polar surface area (TPSA) is 73.8 Å². The van der Waals surface area contributed by atoms with E-state index in [0.717, 1.165) is 23.6 Å². The average Bonchev–Trinajstić information content (AvgIpc) is 2.66. The van der Waals surface area contributed by atoms with E-state index in [1.165, 1.54) is 17.4 Å². The van der Waals surface area contributed by atoms with Gasteiger partial charge in [0.1, 0.15) is 0 Å². The van der Waals surface area contributed by atoms with Crippen LogP contribution < -0.4 is 10.6 Å². The van der Waals surface area contributed by atoms with Gasteiger partial charge in [0, 0.05) is 19.3 Å². The fraction of sp³-hybridized carbons (Fsp3) is 0.435. The first-order valence-corrected chi connectivity index (χ1v) is 12.1. The highest BCUT2D eigenvalue weighted by Gasteiger charge is 2.15. The lowest BCUT2D eigenvalue weighted by Gasteiger charge is -2.26. The van der Waals surface area contributed by atoms with Crippen LogP contribution in [0.5, 0.6) is 0 Å². The molecule has 8 heteroatoms. The average molecular weight is 559 g/mol. The number of sulfone groups is 1. The van der Waals surface area contributed by atoms with Crippen LogP contribution in [0.15, 0.2) is 52.4 Å². The van der Waals surface area contributed by atoms with Crippen LogP contribution in [-0.2, 0) is 16.4 Å². The maximum atomic E-state index is 11.8. The van der Waals surface area contributed by atoms with Crippen LogP contribution in [0.3, 0.4) is 0 Å². The van der Waals surface area contributed by atoms with E-state index in [4.69, 9.17) is 0 Å². The molecule has 0 fully saturated rings. The van der Waals surface area contributed by atoms with Gasteiger partial charge in [0.25, 0.3) is 0 Å². The molecule has 0 aliphatic carbocycles. The number of halogens is 1. The zero-order chi connectivity index (χ0) is 22.3. The molecular formula is C23H35IN4O2S. The molecule has 0 saturated carbocycles. The summed E-state index contributed by atoms with van der Waals surface area (Å²) in [5.41, 5.74) is 4.22. The van der Waals surface area contributed by atoms with Crippen molar-refractivity contribution in [1.29, 1.82) is 0 Å². The maximum Gasteiger partial charge on any atom is 0.191 e. The lowest BCUT2D eigenvalue weighted by Crippen LogP contribution is -2.41. The van der Waals surface area contributed by atoms with Crippen molar-refractivity contribution in [3.63, 3.8) is 0 Å². The van der Waals surface area contributed by atoms with Gasteiger partial charge >= 0.3 is 0 Å². The summed E-state index contributed by atoms with van der Waals surface area (Å²) in [5.74, 6) is 0.737. The van der Waals surface area contributed by atoms with Gasteiger partial charge in [0.15, 0.2) is 15.8 Å². The Balaban J connectivity index is 0.00000480. The second kappa shape index (κ2) is 12.4. The van der Waals surface area contributed by atoms with Gasteiger partial charge in [-0.15, -0.1) is 24.0 Å². The van der Waals surface area contributed by atoms with Gasteiger partial charge in [-0.2, -0.15) is 0 Å². The highest BCUT2D eigenvalue weighted by Crippen LogP contribution is 2.19. The first-order chi connectivity index (χ1) is 14.1. The van der Waals surface area contributed by atoms with E-state index in [0.29, 0.717) is 18.0 Å². The van der Waals surface area contributed by atoms with Crippen molar-refractivity contribution >= 4 is 39.8 Å². The molecule has 0 heterocycles. The van der Waals surface area contributed by atoms with Gasteiger partial charge in [-0.05, 0) is 57.6 Å². The molecule has 0 bridgehead atoms. The molecule has 0 spiro atoms. The van der Waals surface area contributed by atoms with Crippen molar-refractivity contribution in [2.24, 2.45) is 4.99 Å². The molecule has 0 amide bonds. The van der Waals surface area contributed by atoms with Crippen LogP contribution in [0.4, 0.5) is 0 Å². The van der Waals surface area contributed by atoms with Crippen LogP contribution in [0.2, 0.25) is 0 Å². The summed E-state index contributed by atoms with van der Waals surface area (Å²) < 4.78 is 23.6. The normalized spacial score (nSPS) is 12.9. The van der Waals surface area contributed by atoms with Crippen LogP contribution in [-0.4, -0.2) is 52.7 Å². The second-order valence-corrected chi connectivity index (χ2v) is 9.82. The largest absolute Gasteiger partial charge is 0.357 e. The van der Waals surface area contributed by atoms with Crippen molar-refractivity contribution in [2.45, 2.75) is 38.3 Å². The predicted octanol–water partition coefficient (Wildman–Crippen LogP) is 3.68. The van der Waals surface area contributed by atoms with Crippen molar-refractivity contribution in [2.75, 3.05) is 33.4 Å². The summed E-state index contributed by atoms with van der Waals surface area (Å²) in [6.45, 7) is 7.88. The smallest absolute Gasteiger partial charge is 0.191 e. The first-order valence-electron chi connectivity index (χ1n) is 10.2. The van der Waals surface area contributed by atoms with Crippen LogP contribution in [0.1, 0.15) is 35.2 Å². The third-order valence-corrected chi connectivity index (χ3v) is 6.21. The third-order valence-electron chi connectivity index (χ3n) is 4.95. The van der Waals surface area contributed by atoms with Crippen LogP contribution >= 0.6 is 24.0 Å². The maximum absolute atomic E-state index is 11.8. The SMILES string of the molecule is CCNC(=NCc1ccc(S(C)(=O)=O)c(C)c1)NCC(c1ccc(C)cc1)N(C)C.I. The highest BCUT2D eigenvalue weighted by atomic mass is 127. The minimum Gasteiger partial charge on any atom is -0.357 e. The van der Waals surface area contributed by atoms with E-state index in [-0.39, 0.29) is 30.0 Å². The minimum atomic E-state index is -3.21. The molecule has 0 aliphatic heterocycles. The molecule has 2 aromatic carbocycles. The van der Waals surface area contributed by atoms with Gasteiger partial charge in [-0.3, -0.25) is 0 Å². The molecule has 31 heavy (non-hydrogen) atoms. The summed E-state index contributed by atoms with van der Waals surface area (Å²) in [6.07, 6.45) is 1.23. The van der Waals surface area contributed by atoms with Gasteiger partial charge in [-0.25, -0.2) is 13.4 Å². The molecule has 2 rings (SSSR count). The van der Waals surface area contributed by atoms with Gasteiger partial charge < -0.3 is 15.5 Å². The monoisotopic (exact) mass is 558 g/mol. The molecule has 2 aromatic rings. The van der Waals surface area contributed by atoms with Gasteiger partial charge in [-0.1, -0.05) is 42.0 Å². The summed E-state index contributed by atoms with van der Waals surface area (Å²) >= 11 is 0. The molecule has 172 valence electrons. The number of nitrogens with one attached hydrogen (secondary N) is 2. The molecule has 1 unspecified atom stereocenters. The van der Waals surface area contributed by atoms with Gasteiger partial charge in [0.05, 0.1) is 17.5 Å². The van der Waals surface area contributed by atoms with Crippen molar-refractivity contribution < 1.29 is 8.42 Å². The number of hydrogen-bond donors (Lipinski definition) is 2. The van der Waals surface area contributed by atoms with E-state index in [9.17, 15) is 8.42 Å². The Hall–Kier alpha value is -1.65. The lowest BCUT2D eigenvalue weighted by molar-refractivity contribution is 0.298. The molecule has 0 saturated heterocycles. The van der Waals surface area contributed by atoms with Crippen molar-refractivity contribution in [1.82, 2.24) is 15.5 Å². The highest BCUT2D eigenvalue weighted by molar-refractivity contribution is 14.0. The Morgan fingerprint density at radius 2 is 1.71 bits per heavy atom. The van der Waals surface area contributed by atoms with E-state index in [1.54, 1.807) is 6.07 Å². The zero-order valence-corrected chi connectivity index (χ0v) is 22.4. The number of guanidine groups is 1. The fourth-order valence-electron chi connectivity index (χ4n) is 3.32. The Bertz CT molecular complexity index is 974. The second-order valence-electron chi connectivity index (χ2n) is 7.84. The number of aryl methyl sites for hydroxylation is 2. The summed E-state index contributed by atoms with van der Waals surface area (Å²) in [6, 6.07) is 14.2. The Labute approximate surface area is 204 Å². The van der Waals surface area contributed by atoms with Gasteiger partial charge in [0.2, 0.25) is 0 Å². The minimum absolute atomic E-state index is 0. The number of rotatable bonds is 8. The predicted molar refractivity (Wildman–Crippen MR) is 140 cm³/mol. The third kappa shape index (κ3) is 8.42. The Morgan fingerprint density at radius 3 is 2.23 bits per heavy atom. The molecule has 1 atom stereocenters. The Kier molecular flexibility index (Phi) is 11.0. The van der Waals surface area contributed by atoms with E-state index < -0.39 is 9.84 Å². The van der Waals surface area contributed by atoms with Crippen molar-refractivity contribution in [3.05, 3.63) is 64.7 Å². The molecule has 0 aromatic heterocycles. The van der Waals surface area contributed by atoms with E-state index in [1.807, 2.05) is 26.0 Å². The van der Waals surface area contributed by atoms with E-state index >= 15 is 0 Å². The number of likely N-dealkylation sites (N-methyl/N-ethyl adjacent to an activating group) is 1. The van der Waals surface area contributed by atoms with E-state index in [2.05, 4.69) is 65.8 Å². The number of nitrogens with zero attached hydrogens (tertiary/aromatic N) is 2. The first kappa shape index (κ1) is 27.4. The standard InChI is InChI=1S/C23H34N4O2S.HI/c1-7-24-23(25-15-19-10-13-22(18(3)14-19)30(6,28)29)26-16-21(27(4)5)20-11-8-17(2)9-12-20;/h8-14,21H,7,15-16H2,1-6H3,(H2,24,25,26);1H.